The molecule has 3 saturated carbocycles. The van der Waals surface area contributed by atoms with E-state index in [2.05, 4.69) is 26.8 Å². The van der Waals surface area contributed by atoms with Gasteiger partial charge in [-0.15, -0.1) is 0 Å². The number of fused-ring (bicyclic) bond motifs is 5. The van der Waals surface area contributed by atoms with Gasteiger partial charge in [0, 0.05) is 31.1 Å². The molecule has 0 amide bonds. The summed E-state index contributed by atoms with van der Waals surface area (Å²) in [6, 6.07) is 8.99. The van der Waals surface area contributed by atoms with Crippen LogP contribution in [0.4, 0.5) is 0 Å². The van der Waals surface area contributed by atoms with Crippen LogP contribution in [0.2, 0.25) is 0 Å². The van der Waals surface area contributed by atoms with Crippen molar-refractivity contribution in [3.05, 3.63) is 48.0 Å². The minimum atomic E-state index is -1.25. The number of hydrogen-bond acceptors (Lipinski definition) is 7. The normalized spacial score (nSPS) is 43.3. The minimum Gasteiger partial charge on any atom is -0.462 e. The number of aliphatic hydroxyl groups is 1. The highest BCUT2D eigenvalue weighted by Crippen LogP contribution is 2.68. The van der Waals surface area contributed by atoms with Gasteiger partial charge in [0.2, 0.25) is 0 Å². The van der Waals surface area contributed by atoms with Gasteiger partial charge in [0.15, 0.2) is 6.29 Å². The Morgan fingerprint density at radius 3 is 2.45 bits per heavy atom. The third kappa shape index (κ3) is 4.35. The van der Waals surface area contributed by atoms with E-state index in [1.54, 1.807) is 12.1 Å². The first-order chi connectivity index (χ1) is 19.1. The first kappa shape index (κ1) is 27.9. The Bertz CT molecular complexity index is 1140. The molecule has 1 aliphatic heterocycles. The first-order valence-electron chi connectivity index (χ1n) is 15.1. The lowest BCUT2D eigenvalue weighted by Gasteiger charge is -2.63. The van der Waals surface area contributed by atoms with Crippen molar-refractivity contribution in [1.29, 1.82) is 0 Å². The van der Waals surface area contributed by atoms with Gasteiger partial charge in [0.25, 0.3) is 0 Å². The average Bonchev–Trinajstić information content (AvgIpc) is 3.58. The maximum atomic E-state index is 13.3. The van der Waals surface area contributed by atoms with Crippen molar-refractivity contribution < 1.29 is 33.6 Å². The van der Waals surface area contributed by atoms with Gasteiger partial charge >= 0.3 is 11.9 Å². The molecule has 0 radical (unpaired) electrons. The van der Waals surface area contributed by atoms with Gasteiger partial charge < -0.3 is 24.1 Å². The predicted octanol–water partition coefficient (Wildman–Crippen LogP) is 5.31. The van der Waals surface area contributed by atoms with Crippen LogP contribution in [0.3, 0.4) is 0 Å². The van der Waals surface area contributed by atoms with E-state index in [4.69, 9.17) is 18.9 Å². The Morgan fingerprint density at radius 2 is 1.75 bits per heavy atom. The summed E-state index contributed by atoms with van der Waals surface area (Å²) in [7, 11) is 0. The van der Waals surface area contributed by atoms with Gasteiger partial charge in [-0.2, -0.15) is 0 Å². The molecule has 6 rings (SSSR count). The molecule has 218 valence electrons. The summed E-state index contributed by atoms with van der Waals surface area (Å²) >= 11 is 0. The Hall–Kier alpha value is -2.22. The van der Waals surface area contributed by atoms with Crippen molar-refractivity contribution in [2.24, 2.45) is 40.4 Å². The van der Waals surface area contributed by atoms with E-state index in [0.29, 0.717) is 49.4 Å². The molecule has 7 nitrogen and oxygen atoms in total. The van der Waals surface area contributed by atoms with E-state index in [-0.39, 0.29) is 23.5 Å². The number of allylic oxidation sites excluding steroid dienone is 1. The number of ether oxygens (including phenoxy) is 4. The van der Waals surface area contributed by atoms with Gasteiger partial charge in [0.1, 0.15) is 12.2 Å². The molecule has 1 aromatic carbocycles. The quantitative estimate of drug-likeness (QED) is 0.391. The summed E-state index contributed by atoms with van der Waals surface area (Å²) in [4.78, 5) is 25.3. The largest absolute Gasteiger partial charge is 0.462 e. The first-order valence-corrected chi connectivity index (χ1v) is 15.1. The molecule has 7 heteroatoms. The van der Waals surface area contributed by atoms with Crippen LogP contribution in [0.15, 0.2) is 42.5 Å². The van der Waals surface area contributed by atoms with Crippen LogP contribution < -0.4 is 0 Å². The van der Waals surface area contributed by atoms with Crippen LogP contribution in [0.25, 0.3) is 0 Å². The van der Waals surface area contributed by atoms with Crippen LogP contribution >= 0.6 is 0 Å². The fraction of sp³-hybridized carbons (Fsp3) is 0.697. The van der Waals surface area contributed by atoms with Crippen LogP contribution in [-0.2, 0) is 23.7 Å². The number of carbonyl (C=O) groups is 2. The van der Waals surface area contributed by atoms with Gasteiger partial charge in [0.05, 0.1) is 24.4 Å². The molecule has 4 fully saturated rings. The summed E-state index contributed by atoms with van der Waals surface area (Å²) in [6.07, 6.45) is 7.90. The summed E-state index contributed by atoms with van der Waals surface area (Å²) in [5.74, 6) is 0.918. The Labute approximate surface area is 237 Å². The van der Waals surface area contributed by atoms with Crippen LogP contribution in [0, 0.1) is 40.4 Å². The van der Waals surface area contributed by atoms with Crippen molar-refractivity contribution in [1.82, 2.24) is 0 Å². The molecule has 1 saturated heterocycles. The lowest BCUT2D eigenvalue weighted by molar-refractivity contribution is -0.223. The van der Waals surface area contributed by atoms with Gasteiger partial charge in [-0.25, -0.2) is 4.79 Å². The summed E-state index contributed by atoms with van der Waals surface area (Å²) in [6.45, 7) is 9.58. The van der Waals surface area contributed by atoms with Gasteiger partial charge in [-0.05, 0) is 66.9 Å². The third-order valence-corrected chi connectivity index (χ3v) is 11.7. The number of esters is 2. The molecule has 4 unspecified atom stereocenters. The standard InChI is InChI=1S/C33H44O7/c1-20(30-37-16-17-38-30)25-10-11-26-24-12-15-33(36)19-23(39-21(2)34)18-28(40-29(35)22-8-6-5-7-9-22)32(33,4)27(24)13-14-31(25,26)3/h5-9,12,15,20,23-28,30,36H,10-11,13-14,16-19H2,1-4H3/t20?,23?,24-,25+,26-,27-,28?,31+,32-,33?/m0/s1. The Kier molecular flexibility index (Phi) is 7.16. The van der Waals surface area contributed by atoms with Crippen molar-refractivity contribution in [3.8, 4) is 0 Å². The molecule has 5 aliphatic rings. The topological polar surface area (TPSA) is 91.3 Å². The summed E-state index contributed by atoms with van der Waals surface area (Å²) in [5.41, 5.74) is -1.33. The molecule has 1 aromatic rings. The van der Waals surface area contributed by atoms with Crippen LogP contribution in [0.5, 0.6) is 0 Å². The maximum absolute atomic E-state index is 13.3. The fourth-order valence-electron chi connectivity index (χ4n) is 9.69. The van der Waals surface area contributed by atoms with E-state index in [1.165, 1.54) is 6.92 Å². The van der Waals surface area contributed by atoms with E-state index in [9.17, 15) is 14.7 Å². The zero-order chi connectivity index (χ0) is 28.3. The molecule has 0 bridgehead atoms. The molecule has 1 N–H and O–H groups in total. The smallest absolute Gasteiger partial charge is 0.338 e. The molecule has 40 heavy (non-hydrogen) atoms. The zero-order valence-corrected chi connectivity index (χ0v) is 24.2. The second-order valence-electron chi connectivity index (χ2n) is 13.5. The molecular weight excluding hydrogens is 508 g/mol. The number of hydrogen-bond donors (Lipinski definition) is 1. The number of carbonyl (C=O) groups excluding carboxylic acids is 2. The highest BCUT2D eigenvalue weighted by molar-refractivity contribution is 5.89. The monoisotopic (exact) mass is 552 g/mol. The highest BCUT2D eigenvalue weighted by Gasteiger charge is 2.67. The Morgan fingerprint density at radius 1 is 1.02 bits per heavy atom. The lowest BCUT2D eigenvalue weighted by Crippen LogP contribution is -2.67. The zero-order valence-electron chi connectivity index (χ0n) is 24.2. The lowest BCUT2D eigenvalue weighted by atomic mass is 9.44. The second-order valence-corrected chi connectivity index (χ2v) is 13.5. The average molecular weight is 553 g/mol. The van der Waals surface area contributed by atoms with E-state index >= 15 is 0 Å². The molecule has 4 aliphatic carbocycles. The number of benzene rings is 1. The SMILES string of the molecule is CC(=O)OC1CC(OC(=O)c2ccccc2)[C@]2(C)[C@H]3CC[C@]4(C)[C@@H](C(C)C5OCCO5)CC[C@H]4[C@@H]3C=CC2(O)C1. The van der Waals surface area contributed by atoms with Crippen molar-refractivity contribution in [3.63, 3.8) is 0 Å². The molecule has 10 atom stereocenters. The summed E-state index contributed by atoms with van der Waals surface area (Å²) < 4.78 is 23.8. The highest BCUT2D eigenvalue weighted by atomic mass is 16.7. The van der Waals surface area contributed by atoms with E-state index < -0.39 is 35.2 Å². The second kappa shape index (κ2) is 10.2. The molecule has 0 aromatic heterocycles. The summed E-state index contributed by atoms with van der Waals surface area (Å²) in [5, 5.41) is 12.3. The van der Waals surface area contributed by atoms with Crippen molar-refractivity contribution in [2.75, 3.05) is 13.2 Å². The molecule has 1 heterocycles. The van der Waals surface area contributed by atoms with Crippen LogP contribution in [0.1, 0.15) is 76.6 Å². The fourth-order valence-corrected chi connectivity index (χ4v) is 9.69. The van der Waals surface area contributed by atoms with Crippen molar-refractivity contribution >= 4 is 11.9 Å². The molecular formula is C33H44O7. The van der Waals surface area contributed by atoms with Gasteiger partial charge in [-0.3, -0.25) is 4.79 Å². The predicted molar refractivity (Wildman–Crippen MR) is 148 cm³/mol. The van der Waals surface area contributed by atoms with E-state index in [0.717, 1.165) is 25.7 Å². The van der Waals surface area contributed by atoms with Gasteiger partial charge in [-0.1, -0.05) is 51.1 Å². The molecule has 0 spiro atoms. The van der Waals surface area contributed by atoms with Crippen LogP contribution in [-0.4, -0.2) is 54.4 Å². The van der Waals surface area contributed by atoms with Crippen molar-refractivity contribution in [2.45, 2.75) is 90.3 Å². The third-order valence-electron chi connectivity index (χ3n) is 11.7. The Balaban J connectivity index is 1.32. The van der Waals surface area contributed by atoms with E-state index in [1.807, 2.05) is 24.3 Å². The number of rotatable bonds is 5. The minimum absolute atomic E-state index is 0.124. The maximum Gasteiger partial charge on any atom is 0.338 e.